The lowest BCUT2D eigenvalue weighted by molar-refractivity contribution is 0.0679. The molecule has 0 radical (unpaired) electrons. The summed E-state index contributed by atoms with van der Waals surface area (Å²) in [6.07, 6.45) is 3.61. The SMILES string of the molecule is Cc1c(C(=O)NCC(C)(C)O)oc2c1-c1nn(Cc3ccc(Cl)cc3)cc1CC2. The molecule has 0 bridgehead atoms. The van der Waals surface area contributed by atoms with Crippen molar-refractivity contribution in [3.8, 4) is 11.3 Å². The molecular formula is C22H24ClN3O3. The van der Waals surface area contributed by atoms with Crippen LogP contribution in [0.4, 0.5) is 0 Å². The number of halogens is 1. The van der Waals surface area contributed by atoms with Crippen molar-refractivity contribution in [3.63, 3.8) is 0 Å². The second kappa shape index (κ2) is 7.35. The number of aliphatic hydroxyl groups is 1. The van der Waals surface area contributed by atoms with Crippen LogP contribution < -0.4 is 5.32 Å². The van der Waals surface area contributed by atoms with Crippen molar-refractivity contribution in [2.75, 3.05) is 6.54 Å². The number of hydrogen-bond acceptors (Lipinski definition) is 4. The Kier molecular flexibility index (Phi) is 5.00. The van der Waals surface area contributed by atoms with Gasteiger partial charge in [0.2, 0.25) is 0 Å². The van der Waals surface area contributed by atoms with E-state index in [1.807, 2.05) is 35.9 Å². The van der Waals surface area contributed by atoms with E-state index in [1.165, 1.54) is 0 Å². The van der Waals surface area contributed by atoms with Crippen LogP contribution >= 0.6 is 11.6 Å². The standard InChI is InChI=1S/C22H24ClN3O3/c1-13-18-17(29-20(13)21(27)24-12-22(2,3)28)9-6-15-11-26(25-19(15)18)10-14-4-7-16(23)8-5-14/h4-5,7-8,11,28H,6,9-10,12H2,1-3H3,(H,24,27). The maximum absolute atomic E-state index is 12.6. The maximum Gasteiger partial charge on any atom is 0.287 e. The monoisotopic (exact) mass is 413 g/mol. The number of carbonyl (C=O) groups is 1. The number of aryl methyl sites for hydroxylation is 2. The largest absolute Gasteiger partial charge is 0.455 e. The van der Waals surface area contributed by atoms with Crippen molar-refractivity contribution in [3.05, 3.63) is 63.7 Å². The third-order valence-corrected chi connectivity index (χ3v) is 5.31. The number of carbonyl (C=O) groups excluding carboxylic acids is 1. The molecule has 0 aliphatic heterocycles. The first kappa shape index (κ1) is 19.7. The zero-order valence-electron chi connectivity index (χ0n) is 16.8. The summed E-state index contributed by atoms with van der Waals surface area (Å²) in [6, 6.07) is 7.72. The summed E-state index contributed by atoms with van der Waals surface area (Å²) in [5.74, 6) is 0.765. The number of nitrogens with one attached hydrogen (secondary N) is 1. The van der Waals surface area contributed by atoms with Crippen molar-refractivity contribution in [1.82, 2.24) is 15.1 Å². The summed E-state index contributed by atoms with van der Waals surface area (Å²) < 4.78 is 7.82. The molecule has 7 heteroatoms. The third kappa shape index (κ3) is 4.09. The molecule has 1 amide bonds. The fraction of sp³-hybridized carbons (Fsp3) is 0.364. The van der Waals surface area contributed by atoms with Crippen LogP contribution in [0.15, 0.2) is 34.9 Å². The average Bonchev–Trinajstić information content (AvgIpc) is 3.21. The van der Waals surface area contributed by atoms with E-state index < -0.39 is 5.60 Å². The van der Waals surface area contributed by atoms with E-state index >= 15 is 0 Å². The smallest absolute Gasteiger partial charge is 0.287 e. The van der Waals surface area contributed by atoms with Crippen LogP contribution in [0.1, 0.15) is 46.9 Å². The first-order valence-corrected chi connectivity index (χ1v) is 10.0. The first-order chi connectivity index (χ1) is 13.7. The minimum atomic E-state index is -0.983. The number of furan rings is 1. The van der Waals surface area contributed by atoms with Gasteiger partial charge in [-0.3, -0.25) is 9.48 Å². The first-order valence-electron chi connectivity index (χ1n) is 9.65. The number of aromatic nitrogens is 2. The molecule has 2 N–H and O–H groups in total. The van der Waals surface area contributed by atoms with Gasteiger partial charge in [-0.1, -0.05) is 23.7 Å². The number of fused-ring (bicyclic) bond motifs is 3. The number of amides is 1. The fourth-order valence-corrected chi connectivity index (χ4v) is 3.74. The lowest BCUT2D eigenvalue weighted by Gasteiger charge is -2.17. The average molecular weight is 414 g/mol. The second-order valence-electron chi connectivity index (χ2n) is 8.18. The normalized spacial score (nSPS) is 13.1. The van der Waals surface area contributed by atoms with E-state index in [0.717, 1.165) is 46.5 Å². The Labute approximate surface area is 174 Å². The lowest BCUT2D eigenvalue weighted by Crippen LogP contribution is -2.38. The van der Waals surface area contributed by atoms with Crippen LogP contribution in [-0.4, -0.2) is 32.9 Å². The highest BCUT2D eigenvalue weighted by atomic mass is 35.5. The molecule has 0 saturated carbocycles. The number of benzene rings is 1. The van der Waals surface area contributed by atoms with Gasteiger partial charge in [-0.05, 0) is 50.5 Å². The van der Waals surface area contributed by atoms with Crippen LogP contribution in [0, 0.1) is 6.92 Å². The maximum atomic E-state index is 12.6. The Morgan fingerprint density at radius 2 is 2.03 bits per heavy atom. The van der Waals surface area contributed by atoms with E-state index in [1.54, 1.807) is 13.8 Å². The van der Waals surface area contributed by atoms with E-state index in [9.17, 15) is 9.90 Å². The molecule has 1 aliphatic carbocycles. The molecular weight excluding hydrogens is 390 g/mol. The van der Waals surface area contributed by atoms with E-state index in [2.05, 4.69) is 11.5 Å². The molecule has 0 atom stereocenters. The van der Waals surface area contributed by atoms with Crippen LogP contribution in [0.25, 0.3) is 11.3 Å². The van der Waals surface area contributed by atoms with Crippen LogP contribution in [0.2, 0.25) is 5.02 Å². The lowest BCUT2D eigenvalue weighted by atomic mass is 9.93. The highest BCUT2D eigenvalue weighted by molar-refractivity contribution is 6.30. The highest BCUT2D eigenvalue weighted by Gasteiger charge is 2.30. The quantitative estimate of drug-likeness (QED) is 0.667. The van der Waals surface area contributed by atoms with Gasteiger partial charge in [0, 0.05) is 35.3 Å². The number of rotatable bonds is 5. The zero-order valence-corrected chi connectivity index (χ0v) is 17.5. The number of hydrogen-bond donors (Lipinski definition) is 2. The Balaban J connectivity index is 1.61. The van der Waals surface area contributed by atoms with Gasteiger partial charge in [0.1, 0.15) is 5.76 Å². The molecule has 152 valence electrons. The molecule has 4 rings (SSSR count). The minimum absolute atomic E-state index is 0.150. The van der Waals surface area contributed by atoms with E-state index in [4.69, 9.17) is 21.1 Å². The molecule has 0 unspecified atom stereocenters. The fourth-order valence-electron chi connectivity index (χ4n) is 3.61. The Hall–Kier alpha value is -2.57. The van der Waals surface area contributed by atoms with Crippen molar-refractivity contribution in [2.24, 2.45) is 0 Å². The topological polar surface area (TPSA) is 80.3 Å². The molecule has 2 heterocycles. The minimum Gasteiger partial charge on any atom is -0.455 e. The van der Waals surface area contributed by atoms with Crippen molar-refractivity contribution in [1.29, 1.82) is 0 Å². The van der Waals surface area contributed by atoms with Gasteiger partial charge in [-0.2, -0.15) is 5.10 Å². The molecule has 6 nitrogen and oxygen atoms in total. The zero-order chi connectivity index (χ0) is 20.8. The summed E-state index contributed by atoms with van der Waals surface area (Å²) in [4.78, 5) is 12.6. The van der Waals surface area contributed by atoms with Gasteiger partial charge in [0.25, 0.3) is 5.91 Å². The van der Waals surface area contributed by atoms with E-state index in [0.29, 0.717) is 17.3 Å². The summed E-state index contributed by atoms with van der Waals surface area (Å²) in [5, 5.41) is 18.1. The predicted molar refractivity (Wildman–Crippen MR) is 111 cm³/mol. The van der Waals surface area contributed by atoms with Crippen LogP contribution in [0.3, 0.4) is 0 Å². The van der Waals surface area contributed by atoms with Crippen LogP contribution in [-0.2, 0) is 19.4 Å². The van der Waals surface area contributed by atoms with Gasteiger partial charge in [-0.15, -0.1) is 0 Å². The molecule has 2 aromatic heterocycles. The van der Waals surface area contributed by atoms with Crippen molar-refractivity contribution >= 4 is 17.5 Å². The van der Waals surface area contributed by atoms with Gasteiger partial charge in [-0.25, -0.2) is 0 Å². The third-order valence-electron chi connectivity index (χ3n) is 5.06. The van der Waals surface area contributed by atoms with Gasteiger partial charge >= 0.3 is 0 Å². The molecule has 29 heavy (non-hydrogen) atoms. The predicted octanol–water partition coefficient (Wildman–Crippen LogP) is 3.75. The molecule has 1 aromatic carbocycles. The van der Waals surface area contributed by atoms with E-state index in [-0.39, 0.29) is 12.5 Å². The molecule has 3 aromatic rings. The number of nitrogens with zero attached hydrogens (tertiary/aromatic N) is 2. The second-order valence-corrected chi connectivity index (χ2v) is 8.61. The summed E-state index contributed by atoms with van der Waals surface area (Å²) in [6.45, 7) is 5.97. The molecule has 0 fully saturated rings. The highest BCUT2D eigenvalue weighted by Crippen LogP contribution is 2.38. The summed E-state index contributed by atoms with van der Waals surface area (Å²) in [7, 11) is 0. The van der Waals surface area contributed by atoms with Gasteiger partial charge < -0.3 is 14.8 Å². The summed E-state index contributed by atoms with van der Waals surface area (Å²) in [5.41, 5.74) is 3.86. The molecule has 0 spiro atoms. The Morgan fingerprint density at radius 1 is 1.31 bits per heavy atom. The van der Waals surface area contributed by atoms with Crippen LogP contribution in [0.5, 0.6) is 0 Å². The molecule has 1 aliphatic rings. The van der Waals surface area contributed by atoms with Crippen molar-refractivity contribution < 1.29 is 14.3 Å². The van der Waals surface area contributed by atoms with Crippen molar-refractivity contribution in [2.45, 2.75) is 45.8 Å². The van der Waals surface area contributed by atoms with Gasteiger partial charge in [0.15, 0.2) is 5.76 Å². The summed E-state index contributed by atoms with van der Waals surface area (Å²) >= 11 is 5.97. The molecule has 0 saturated heterocycles. The Bertz CT molecular complexity index is 1060. The van der Waals surface area contributed by atoms with Gasteiger partial charge in [0.05, 0.1) is 17.8 Å². The Morgan fingerprint density at radius 3 is 2.72 bits per heavy atom.